The summed E-state index contributed by atoms with van der Waals surface area (Å²) < 4.78 is 5.63. The average molecular weight is 481 g/mol. The first-order valence-electron chi connectivity index (χ1n) is 12.0. The van der Waals surface area contributed by atoms with E-state index in [1.54, 1.807) is 27.7 Å². The Morgan fingerprint density at radius 1 is 0.943 bits per heavy atom. The van der Waals surface area contributed by atoms with Gasteiger partial charge >= 0.3 is 12.1 Å². The Morgan fingerprint density at radius 2 is 1.46 bits per heavy atom. The van der Waals surface area contributed by atoms with E-state index in [9.17, 15) is 19.5 Å². The molecule has 0 saturated carbocycles. The summed E-state index contributed by atoms with van der Waals surface area (Å²) >= 11 is 0. The number of hydrogen-bond donors (Lipinski definition) is 3. The summed E-state index contributed by atoms with van der Waals surface area (Å²) in [5, 5.41) is 15.2. The maximum atomic E-state index is 12.8. The van der Waals surface area contributed by atoms with Gasteiger partial charge < -0.3 is 20.5 Å². The predicted molar refractivity (Wildman–Crippen MR) is 135 cm³/mol. The van der Waals surface area contributed by atoms with E-state index in [4.69, 9.17) is 4.74 Å². The van der Waals surface area contributed by atoms with E-state index in [1.807, 2.05) is 38.1 Å². The largest absolute Gasteiger partial charge is 0.481 e. The molecule has 7 heteroatoms. The summed E-state index contributed by atoms with van der Waals surface area (Å²) in [6.07, 6.45) is -0.565. The van der Waals surface area contributed by atoms with E-state index in [1.165, 1.54) is 0 Å². The van der Waals surface area contributed by atoms with Crippen LogP contribution in [-0.2, 0) is 14.3 Å². The highest BCUT2D eigenvalue weighted by molar-refractivity contribution is 5.82. The van der Waals surface area contributed by atoms with Crippen molar-refractivity contribution in [3.63, 3.8) is 0 Å². The monoisotopic (exact) mass is 480 g/mol. The maximum absolute atomic E-state index is 12.8. The fraction of sp³-hybridized carbons (Fsp3) is 0.464. The van der Waals surface area contributed by atoms with Gasteiger partial charge in [-0.25, -0.2) is 4.79 Å². The lowest BCUT2D eigenvalue weighted by molar-refractivity contribution is -0.151. The third kappa shape index (κ3) is 5.50. The van der Waals surface area contributed by atoms with Crippen LogP contribution in [0.4, 0.5) is 4.79 Å². The Balaban J connectivity index is 1.62. The van der Waals surface area contributed by atoms with Gasteiger partial charge in [0, 0.05) is 23.9 Å². The van der Waals surface area contributed by atoms with Crippen LogP contribution in [0.25, 0.3) is 11.1 Å². The fourth-order valence-corrected chi connectivity index (χ4v) is 4.27. The summed E-state index contributed by atoms with van der Waals surface area (Å²) in [5.41, 5.74) is 2.41. The lowest BCUT2D eigenvalue weighted by Crippen LogP contribution is -2.57. The Hall–Kier alpha value is -3.35. The number of ether oxygens (including phenoxy) is 1. The normalized spacial score (nSPS) is 14.1. The van der Waals surface area contributed by atoms with Crippen molar-refractivity contribution in [3.8, 4) is 11.1 Å². The van der Waals surface area contributed by atoms with Crippen molar-refractivity contribution >= 4 is 18.0 Å². The molecule has 188 valence electrons. The van der Waals surface area contributed by atoms with Crippen LogP contribution in [0.15, 0.2) is 48.5 Å². The van der Waals surface area contributed by atoms with E-state index < -0.39 is 29.1 Å². The van der Waals surface area contributed by atoms with E-state index in [2.05, 4.69) is 34.9 Å². The molecule has 0 radical (unpaired) electrons. The molecule has 1 aliphatic rings. The molecular formula is C28H36N2O5. The van der Waals surface area contributed by atoms with Gasteiger partial charge in [-0.3, -0.25) is 9.59 Å². The zero-order valence-electron chi connectivity index (χ0n) is 21.3. The molecule has 0 spiro atoms. The van der Waals surface area contributed by atoms with Crippen molar-refractivity contribution in [1.82, 2.24) is 10.6 Å². The van der Waals surface area contributed by atoms with Crippen LogP contribution >= 0.6 is 0 Å². The highest BCUT2D eigenvalue weighted by Gasteiger charge is 2.44. The quantitative estimate of drug-likeness (QED) is 0.471. The molecule has 0 saturated heterocycles. The van der Waals surface area contributed by atoms with Gasteiger partial charge in [-0.2, -0.15) is 0 Å². The van der Waals surface area contributed by atoms with Crippen molar-refractivity contribution in [2.24, 2.45) is 11.3 Å². The molecule has 7 nitrogen and oxygen atoms in total. The van der Waals surface area contributed by atoms with Gasteiger partial charge in [0.2, 0.25) is 5.91 Å². The molecular weight excluding hydrogens is 444 g/mol. The second-order valence-corrected chi connectivity index (χ2v) is 10.6. The number of alkyl carbamates (subject to hydrolysis) is 1. The van der Waals surface area contributed by atoms with Gasteiger partial charge in [0.15, 0.2) is 0 Å². The second-order valence-electron chi connectivity index (χ2n) is 10.6. The van der Waals surface area contributed by atoms with Crippen molar-refractivity contribution in [2.45, 2.75) is 65.5 Å². The van der Waals surface area contributed by atoms with Crippen molar-refractivity contribution in [2.75, 3.05) is 6.61 Å². The summed E-state index contributed by atoms with van der Waals surface area (Å²) in [6.45, 7) is 10.5. The molecule has 2 amide bonds. The van der Waals surface area contributed by atoms with Crippen LogP contribution in [0, 0.1) is 11.3 Å². The van der Waals surface area contributed by atoms with Crippen LogP contribution in [0.5, 0.6) is 0 Å². The number of rotatable bonds is 9. The SMILES string of the molecule is CC(C)[C@@H](CC(=O)NC(C)(C)C(C)(C)C(=O)O)NC(=O)OCC1c2ccccc2-c2ccccc21. The van der Waals surface area contributed by atoms with Gasteiger partial charge in [0.05, 0.1) is 5.41 Å². The first-order valence-corrected chi connectivity index (χ1v) is 12.0. The molecule has 1 atom stereocenters. The Kier molecular flexibility index (Phi) is 7.58. The minimum Gasteiger partial charge on any atom is -0.481 e. The standard InChI is InChI=1S/C28H36N2O5/c1-17(2)23(15-24(31)30-28(5,6)27(3,4)25(32)33)29-26(34)35-16-22-20-13-9-7-11-18(20)19-12-8-10-14-21(19)22/h7-14,17,22-23H,15-16H2,1-6H3,(H,29,34)(H,30,31)(H,32,33)/t23-/m1/s1. The van der Waals surface area contributed by atoms with Gasteiger partial charge in [0.1, 0.15) is 6.61 Å². The van der Waals surface area contributed by atoms with Crippen molar-refractivity contribution < 1.29 is 24.2 Å². The van der Waals surface area contributed by atoms with Gasteiger partial charge in [0.25, 0.3) is 0 Å². The number of carboxylic acid groups (broad SMARTS) is 1. The van der Waals surface area contributed by atoms with E-state index in [0.717, 1.165) is 22.3 Å². The molecule has 2 aromatic rings. The molecule has 35 heavy (non-hydrogen) atoms. The first-order chi connectivity index (χ1) is 16.3. The lowest BCUT2D eigenvalue weighted by Gasteiger charge is -2.39. The summed E-state index contributed by atoms with van der Waals surface area (Å²) in [7, 11) is 0. The molecule has 1 aliphatic carbocycles. The summed E-state index contributed by atoms with van der Waals surface area (Å²) in [5.74, 6) is -1.41. The minimum atomic E-state index is -1.17. The van der Waals surface area contributed by atoms with E-state index in [-0.39, 0.29) is 30.8 Å². The molecule has 0 aliphatic heterocycles. The highest BCUT2D eigenvalue weighted by atomic mass is 16.5. The molecule has 0 fully saturated rings. The van der Waals surface area contributed by atoms with E-state index >= 15 is 0 Å². The number of amides is 2. The minimum absolute atomic E-state index is 0.0149. The Bertz CT molecular complexity index is 1060. The number of carbonyl (C=O) groups excluding carboxylic acids is 2. The third-order valence-electron chi connectivity index (χ3n) is 7.41. The molecule has 0 heterocycles. The van der Waals surface area contributed by atoms with Gasteiger partial charge in [-0.15, -0.1) is 0 Å². The number of nitrogens with one attached hydrogen (secondary N) is 2. The number of carbonyl (C=O) groups is 3. The Morgan fingerprint density at radius 3 is 1.94 bits per heavy atom. The smallest absolute Gasteiger partial charge is 0.407 e. The van der Waals surface area contributed by atoms with E-state index in [0.29, 0.717) is 0 Å². The van der Waals surface area contributed by atoms with Crippen LogP contribution in [-0.4, -0.2) is 41.3 Å². The average Bonchev–Trinajstić information content (AvgIpc) is 3.10. The number of aliphatic carboxylic acids is 1. The number of fused-ring (bicyclic) bond motifs is 3. The predicted octanol–water partition coefficient (Wildman–Crippen LogP) is 4.95. The first kappa shape index (κ1) is 26.3. The number of carboxylic acids is 1. The van der Waals surface area contributed by atoms with Crippen LogP contribution in [0.2, 0.25) is 0 Å². The second kappa shape index (κ2) is 10.1. The topological polar surface area (TPSA) is 105 Å². The fourth-order valence-electron chi connectivity index (χ4n) is 4.27. The van der Waals surface area contributed by atoms with Crippen LogP contribution in [0.3, 0.4) is 0 Å². The molecule has 3 rings (SSSR count). The molecule has 3 N–H and O–H groups in total. The zero-order valence-corrected chi connectivity index (χ0v) is 21.3. The highest BCUT2D eigenvalue weighted by Crippen LogP contribution is 2.44. The van der Waals surface area contributed by atoms with Crippen LogP contribution < -0.4 is 10.6 Å². The van der Waals surface area contributed by atoms with Gasteiger partial charge in [-0.05, 0) is 55.9 Å². The third-order valence-corrected chi connectivity index (χ3v) is 7.41. The number of benzene rings is 2. The molecule has 0 aromatic heterocycles. The zero-order chi connectivity index (χ0) is 26.0. The van der Waals surface area contributed by atoms with Gasteiger partial charge in [-0.1, -0.05) is 62.4 Å². The maximum Gasteiger partial charge on any atom is 0.407 e. The molecule has 0 unspecified atom stereocenters. The van der Waals surface area contributed by atoms with Crippen molar-refractivity contribution in [1.29, 1.82) is 0 Å². The Labute approximate surface area is 207 Å². The molecule has 2 aromatic carbocycles. The lowest BCUT2D eigenvalue weighted by atomic mass is 9.74. The van der Waals surface area contributed by atoms with Crippen molar-refractivity contribution in [3.05, 3.63) is 59.7 Å². The number of hydrogen-bond acceptors (Lipinski definition) is 4. The van der Waals surface area contributed by atoms with Crippen LogP contribution in [0.1, 0.15) is 65.0 Å². The summed E-state index contributed by atoms with van der Waals surface area (Å²) in [4.78, 5) is 37.1. The molecule has 0 bridgehead atoms. The summed E-state index contributed by atoms with van der Waals surface area (Å²) in [6, 6.07) is 15.8.